The first-order valence-electron chi connectivity index (χ1n) is 8.04. The zero-order valence-electron chi connectivity index (χ0n) is 13.4. The average molecular weight is 285 g/mol. The van der Waals surface area contributed by atoms with Gasteiger partial charge < -0.3 is 5.32 Å². The maximum atomic E-state index is 3.76. The lowest BCUT2D eigenvalue weighted by atomic mass is 9.84. The van der Waals surface area contributed by atoms with Crippen LogP contribution in [0.3, 0.4) is 0 Å². The maximum absolute atomic E-state index is 3.76. The molecule has 4 atom stereocenters. The van der Waals surface area contributed by atoms with E-state index in [0.717, 1.165) is 17.8 Å². The standard InChI is InChI=1S/C16H32N2S/c1-6-19-14-9-7-8-13(14)18-11-15(16(3,4)5)17-10-12(18)2/h12-15,17H,6-11H2,1-5H3. The first-order valence-corrected chi connectivity index (χ1v) is 9.09. The van der Waals surface area contributed by atoms with Gasteiger partial charge in [0.05, 0.1) is 0 Å². The van der Waals surface area contributed by atoms with Gasteiger partial charge >= 0.3 is 0 Å². The zero-order chi connectivity index (χ0) is 14.0. The predicted octanol–water partition coefficient (Wildman–Crippen LogP) is 3.37. The van der Waals surface area contributed by atoms with Crippen LogP contribution < -0.4 is 5.32 Å². The molecule has 2 aliphatic rings. The van der Waals surface area contributed by atoms with Crippen molar-refractivity contribution in [1.29, 1.82) is 0 Å². The molecule has 2 rings (SSSR count). The molecule has 19 heavy (non-hydrogen) atoms. The zero-order valence-corrected chi connectivity index (χ0v) is 14.2. The van der Waals surface area contributed by atoms with E-state index in [1.54, 1.807) is 0 Å². The summed E-state index contributed by atoms with van der Waals surface area (Å²) in [4.78, 5) is 2.83. The number of hydrogen-bond acceptors (Lipinski definition) is 3. The van der Waals surface area contributed by atoms with E-state index in [1.807, 2.05) is 0 Å². The van der Waals surface area contributed by atoms with E-state index >= 15 is 0 Å². The van der Waals surface area contributed by atoms with Crippen molar-refractivity contribution in [3.63, 3.8) is 0 Å². The third kappa shape index (κ3) is 3.68. The molecule has 1 saturated heterocycles. The van der Waals surface area contributed by atoms with Crippen LogP contribution in [0.1, 0.15) is 53.9 Å². The smallest absolute Gasteiger partial charge is 0.0244 e. The Hall–Kier alpha value is 0.270. The Kier molecular flexibility index (Phi) is 5.24. The SMILES string of the molecule is CCSC1CCCC1N1CC(C(C)(C)C)NCC1C. The van der Waals surface area contributed by atoms with Crippen LogP contribution in [0.25, 0.3) is 0 Å². The molecular weight excluding hydrogens is 252 g/mol. The predicted molar refractivity (Wildman–Crippen MR) is 87.0 cm³/mol. The molecular formula is C16H32N2S. The first-order chi connectivity index (χ1) is 8.93. The van der Waals surface area contributed by atoms with E-state index in [9.17, 15) is 0 Å². The van der Waals surface area contributed by atoms with Gasteiger partial charge in [0.1, 0.15) is 0 Å². The maximum Gasteiger partial charge on any atom is 0.0244 e. The minimum Gasteiger partial charge on any atom is -0.311 e. The van der Waals surface area contributed by atoms with Gasteiger partial charge in [-0.2, -0.15) is 11.8 Å². The highest BCUT2D eigenvalue weighted by molar-refractivity contribution is 7.99. The fraction of sp³-hybridized carbons (Fsp3) is 1.00. The van der Waals surface area contributed by atoms with Crippen LogP contribution in [0, 0.1) is 5.41 Å². The second-order valence-corrected chi connectivity index (χ2v) is 8.88. The van der Waals surface area contributed by atoms with Crippen molar-refractivity contribution < 1.29 is 0 Å². The van der Waals surface area contributed by atoms with Crippen LogP contribution in [-0.4, -0.2) is 47.1 Å². The molecule has 0 bridgehead atoms. The molecule has 0 amide bonds. The molecule has 0 spiro atoms. The number of nitrogens with zero attached hydrogens (tertiary/aromatic N) is 1. The lowest BCUT2D eigenvalue weighted by Gasteiger charge is -2.47. The highest BCUT2D eigenvalue weighted by Crippen LogP contribution is 2.36. The van der Waals surface area contributed by atoms with Gasteiger partial charge in [0.25, 0.3) is 0 Å². The quantitative estimate of drug-likeness (QED) is 0.855. The van der Waals surface area contributed by atoms with Gasteiger partial charge in [0.15, 0.2) is 0 Å². The van der Waals surface area contributed by atoms with Gasteiger partial charge in [-0.1, -0.05) is 34.1 Å². The third-order valence-electron chi connectivity index (χ3n) is 4.89. The summed E-state index contributed by atoms with van der Waals surface area (Å²) >= 11 is 2.19. The lowest BCUT2D eigenvalue weighted by molar-refractivity contribution is 0.0608. The molecule has 112 valence electrons. The molecule has 0 radical (unpaired) electrons. The molecule has 1 heterocycles. The van der Waals surface area contributed by atoms with Crippen LogP contribution in [0.5, 0.6) is 0 Å². The average Bonchev–Trinajstić information content (AvgIpc) is 2.77. The second-order valence-electron chi connectivity index (χ2n) is 7.36. The van der Waals surface area contributed by atoms with Crippen molar-refractivity contribution in [2.24, 2.45) is 5.41 Å². The Bertz CT molecular complexity index is 287. The minimum atomic E-state index is 0.365. The van der Waals surface area contributed by atoms with Gasteiger partial charge in [-0.15, -0.1) is 0 Å². The molecule has 4 unspecified atom stereocenters. The molecule has 1 saturated carbocycles. The highest BCUT2D eigenvalue weighted by Gasteiger charge is 2.39. The number of hydrogen-bond donors (Lipinski definition) is 1. The van der Waals surface area contributed by atoms with Gasteiger partial charge in [-0.3, -0.25) is 4.90 Å². The van der Waals surface area contributed by atoms with E-state index in [-0.39, 0.29) is 0 Å². The summed E-state index contributed by atoms with van der Waals surface area (Å²) in [7, 11) is 0. The summed E-state index contributed by atoms with van der Waals surface area (Å²) in [6.45, 7) is 14.2. The Morgan fingerprint density at radius 2 is 2.00 bits per heavy atom. The summed E-state index contributed by atoms with van der Waals surface area (Å²) in [5.74, 6) is 1.27. The lowest BCUT2D eigenvalue weighted by Crippen LogP contribution is -2.62. The van der Waals surface area contributed by atoms with E-state index in [4.69, 9.17) is 0 Å². The Morgan fingerprint density at radius 1 is 1.26 bits per heavy atom. The summed E-state index contributed by atoms with van der Waals surface area (Å²) in [5.41, 5.74) is 0.365. The number of rotatable bonds is 3. The Balaban J connectivity index is 2.04. The highest BCUT2D eigenvalue weighted by atomic mass is 32.2. The van der Waals surface area contributed by atoms with Crippen molar-refractivity contribution in [3.05, 3.63) is 0 Å². The van der Waals surface area contributed by atoms with Crippen molar-refractivity contribution in [3.8, 4) is 0 Å². The van der Waals surface area contributed by atoms with E-state index in [2.05, 4.69) is 56.6 Å². The summed E-state index contributed by atoms with van der Waals surface area (Å²) < 4.78 is 0. The van der Waals surface area contributed by atoms with Crippen LogP contribution in [-0.2, 0) is 0 Å². The van der Waals surface area contributed by atoms with Gasteiger partial charge in [0.2, 0.25) is 0 Å². The second kappa shape index (κ2) is 6.36. The largest absolute Gasteiger partial charge is 0.311 e. The fourth-order valence-corrected chi connectivity index (χ4v) is 4.90. The van der Waals surface area contributed by atoms with Crippen LogP contribution >= 0.6 is 11.8 Å². The van der Waals surface area contributed by atoms with Crippen LogP contribution in [0.4, 0.5) is 0 Å². The molecule has 1 aliphatic carbocycles. The first kappa shape index (κ1) is 15.7. The van der Waals surface area contributed by atoms with Crippen LogP contribution in [0.15, 0.2) is 0 Å². The topological polar surface area (TPSA) is 15.3 Å². The fourth-order valence-electron chi connectivity index (χ4n) is 3.62. The Labute approximate surface area is 124 Å². The van der Waals surface area contributed by atoms with Crippen molar-refractivity contribution in [2.45, 2.75) is 77.3 Å². The van der Waals surface area contributed by atoms with Crippen molar-refractivity contribution >= 4 is 11.8 Å². The molecule has 1 aliphatic heterocycles. The summed E-state index contributed by atoms with van der Waals surface area (Å²) in [6, 6.07) is 2.16. The summed E-state index contributed by atoms with van der Waals surface area (Å²) in [5, 5.41) is 4.64. The normalized spacial score (nSPS) is 37.7. The number of nitrogens with one attached hydrogen (secondary N) is 1. The number of thioether (sulfide) groups is 1. The molecule has 2 nitrogen and oxygen atoms in total. The van der Waals surface area contributed by atoms with E-state index in [0.29, 0.717) is 17.5 Å². The minimum absolute atomic E-state index is 0.365. The van der Waals surface area contributed by atoms with E-state index in [1.165, 1.54) is 31.6 Å². The molecule has 0 aromatic carbocycles. The van der Waals surface area contributed by atoms with Gasteiger partial charge in [-0.05, 0) is 30.9 Å². The van der Waals surface area contributed by atoms with E-state index < -0.39 is 0 Å². The summed E-state index contributed by atoms with van der Waals surface area (Å²) in [6.07, 6.45) is 4.28. The molecule has 0 aromatic heterocycles. The van der Waals surface area contributed by atoms with Gasteiger partial charge in [-0.25, -0.2) is 0 Å². The molecule has 0 aromatic rings. The Morgan fingerprint density at radius 3 is 2.63 bits per heavy atom. The monoisotopic (exact) mass is 284 g/mol. The third-order valence-corrected chi connectivity index (χ3v) is 6.20. The number of piperazine rings is 1. The van der Waals surface area contributed by atoms with Crippen molar-refractivity contribution in [2.75, 3.05) is 18.8 Å². The molecule has 1 N–H and O–H groups in total. The van der Waals surface area contributed by atoms with Gasteiger partial charge in [0, 0.05) is 36.5 Å². The molecule has 2 fully saturated rings. The van der Waals surface area contributed by atoms with Crippen LogP contribution in [0.2, 0.25) is 0 Å². The molecule has 3 heteroatoms. The van der Waals surface area contributed by atoms with Crippen molar-refractivity contribution in [1.82, 2.24) is 10.2 Å².